The summed E-state index contributed by atoms with van der Waals surface area (Å²) in [7, 11) is 1.34. The number of amides is 1. The van der Waals surface area contributed by atoms with Crippen LogP contribution in [0.5, 0.6) is 5.75 Å². The number of carbonyl (C=O) groups excluding carboxylic acids is 1. The minimum absolute atomic E-state index is 0.0652. The van der Waals surface area contributed by atoms with Gasteiger partial charge in [-0.15, -0.1) is 0 Å². The zero-order valence-corrected chi connectivity index (χ0v) is 17.5. The van der Waals surface area contributed by atoms with Gasteiger partial charge in [-0.2, -0.15) is 13.2 Å². The van der Waals surface area contributed by atoms with Gasteiger partial charge in [0.1, 0.15) is 5.82 Å². The summed E-state index contributed by atoms with van der Waals surface area (Å²) in [4.78, 5) is 21.8. The number of anilines is 2. The van der Waals surface area contributed by atoms with Crippen LogP contribution in [-0.4, -0.2) is 42.1 Å². The fourth-order valence-electron chi connectivity index (χ4n) is 3.45. The van der Waals surface area contributed by atoms with E-state index in [0.717, 1.165) is 30.7 Å². The van der Waals surface area contributed by atoms with E-state index in [1.165, 1.54) is 7.11 Å². The highest BCUT2D eigenvalue weighted by Gasteiger charge is 2.33. The van der Waals surface area contributed by atoms with Gasteiger partial charge in [-0.05, 0) is 36.6 Å². The highest BCUT2D eigenvalue weighted by molar-refractivity contribution is 5.89. The van der Waals surface area contributed by atoms with Crippen LogP contribution in [0.4, 0.5) is 24.8 Å². The summed E-state index contributed by atoms with van der Waals surface area (Å²) >= 11 is 0. The molecule has 7 nitrogen and oxygen atoms in total. The van der Waals surface area contributed by atoms with Crippen molar-refractivity contribution in [1.29, 1.82) is 0 Å². The van der Waals surface area contributed by atoms with Crippen molar-refractivity contribution in [2.75, 3.05) is 30.4 Å². The second-order valence-corrected chi connectivity index (χ2v) is 7.41. The molecule has 0 spiro atoms. The summed E-state index contributed by atoms with van der Waals surface area (Å²) in [5.74, 6) is 0.968. The average Bonchev–Trinajstić information content (AvgIpc) is 3.20. The zero-order chi connectivity index (χ0) is 22.4. The number of carbonyl (C=O) groups is 1. The van der Waals surface area contributed by atoms with E-state index in [9.17, 15) is 18.0 Å². The van der Waals surface area contributed by atoms with Gasteiger partial charge >= 0.3 is 6.18 Å². The Morgan fingerprint density at radius 2 is 2.13 bits per heavy atom. The minimum atomic E-state index is -4.46. The molecular formula is C21H26F3N5O2. The van der Waals surface area contributed by atoms with E-state index in [-0.39, 0.29) is 17.7 Å². The second-order valence-electron chi connectivity index (χ2n) is 7.41. The summed E-state index contributed by atoms with van der Waals surface area (Å²) < 4.78 is 43.9. The Labute approximate surface area is 179 Å². The van der Waals surface area contributed by atoms with Crippen LogP contribution >= 0.6 is 0 Å². The van der Waals surface area contributed by atoms with Crippen molar-refractivity contribution < 1.29 is 22.7 Å². The number of aromatic nitrogens is 2. The fraction of sp³-hybridized carbons (Fsp3) is 0.476. The van der Waals surface area contributed by atoms with Gasteiger partial charge in [0.25, 0.3) is 0 Å². The molecule has 0 bridgehead atoms. The summed E-state index contributed by atoms with van der Waals surface area (Å²) in [5.41, 5.74) is 0.145. The van der Waals surface area contributed by atoms with E-state index in [1.807, 2.05) is 24.0 Å². The van der Waals surface area contributed by atoms with Crippen molar-refractivity contribution in [2.45, 2.75) is 44.9 Å². The SMILES string of the molecule is CCCC(=O)Nc1cc(CN[C@@H]2CCN(c3ncc(C(F)(F)F)cc3OC)C2)ccn1. The first kappa shape index (κ1) is 22.8. The largest absolute Gasteiger partial charge is 0.493 e. The van der Waals surface area contributed by atoms with Gasteiger partial charge in [-0.1, -0.05) is 6.92 Å². The topological polar surface area (TPSA) is 79.4 Å². The van der Waals surface area contributed by atoms with Crippen molar-refractivity contribution in [3.63, 3.8) is 0 Å². The monoisotopic (exact) mass is 437 g/mol. The number of hydrogen-bond donors (Lipinski definition) is 2. The van der Waals surface area contributed by atoms with Gasteiger partial charge in [0.2, 0.25) is 5.91 Å². The molecule has 1 aliphatic rings. The third-order valence-electron chi connectivity index (χ3n) is 5.03. The van der Waals surface area contributed by atoms with Crippen LogP contribution in [0, 0.1) is 0 Å². The summed E-state index contributed by atoms with van der Waals surface area (Å²) in [5, 5.41) is 6.22. The zero-order valence-electron chi connectivity index (χ0n) is 17.5. The number of nitrogens with zero attached hydrogens (tertiary/aromatic N) is 3. The number of rotatable bonds is 8. The standard InChI is InChI=1S/C21H26F3N5O2/c1-3-4-19(30)28-18-9-14(5-7-25-18)11-26-16-6-8-29(13-16)20-17(31-2)10-15(12-27-20)21(22,23)24/h5,7,9-10,12,16,26H,3-4,6,8,11,13H2,1-2H3,(H,25,28,30)/t16-/m1/s1. The van der Waals surface area contributed by atoms with Crippen LogP contribution in [0.3, 0.4) is 0 Å². The molecule has 1 aliphatic heterocycles. The average molecular weight is 437 g/mol. The van der Waals surface area contributed by atoms with E-state index < -0.39 is 11.7 Å². The van der Waals surface area contributed by atoms with Crippen molar-refractivity contribution in [3.8, 4) is 5.75 Å². The Kier molecular flexibility index (Phi) is 7.32. The molecule has 2 aromatic rings. The molecule has 1 saturated heterocycles. The number of alkyl halides is 3. The molecule has 0 aliphatic carbocycles. The third kappa shape index (κ3) is 6.06. The molecule has 0 aromatic carbocycles. The Balaban J connectivity index is 1.58. The van der Waals surface area contributed by atoms with Crippen molar-refractivity contribution >= 4 is 17.5 Å². The minimum Gasteiger partial charge on any atom is -0.493 e. The molecule has 0 radical (unpaired) electrons. The first-order valence-corrected chi connectivity index (χ1v) is 10.1. The number of nitrogens with one attached hydrogen (secondary N) is 2. The van der Waals surface area contributed by atoms with Crippen LogP contribution in [-0.2, 0) is 17.5 Å². The van der Waals surface area contributed by atoms with Crippen molar-refractivity contribution in [1.82, 2.24) is 15.3 Å². The van der Waals surface area contributed by atoms with Crippen LogP contribution in [0.1, 0.15) is 37.3 Å². The number of pyridine rings is 2. The summed E-state index contributed by atoms with van der Waals surface area (Å²) in [6.45, 7) is 3.77. The molecule has 168 valence electrons. The van der Waals surface area contributed by atoms with E-state index in [1.54, 1.807) is 6.20 Å². The predicted octanol–water partition coefficient (Wildman–Crippen LogP) is 3.61. The molecule has 2 N–H and O–H groups in total. The molecule has 0 unspecified atom stereocenters. The van der Waals surface area contributed by atoms with Gasteiger partial charge in [0.05, 0.1) is 12.7 Å². The first-order valence-electron chi connectivity index (χ1n) is 10.1. The lowest BCUT2D eigenvalue weighted by atomic mass is 10.2. The molecule has 3 heterocycles. The molecular weight excluding hydrogens is 411 g/mol. The van der Waals surface area contributed by atoms with Crippen LogP contribution in [0.2, 0.25) is 0 Å². The fourth-order valence-corrected chi connectivity index (χ4v) is 3.45. The second kappa shape index (κ2) is 9.95. The smallest absolute Gasteiger partial charge is 0.418 e. The summed E-state index contributed by atoms with van der Waals surface area (Å²) in [6.07, 6.45) is 0.0537. The highest BCUT2D eigenvalue weighted by Crippen LogP contribution is 2.35. The number of methoxy groups -OCH3 is 1. The lowest BCUT2D eigenvalue weighted by Crippen LogP contribution is -2.32. The highest BCUT2D eigenvalue weighted by atomic mass is 19.4. The maximum Gasteiger partial charge on any atom is 0.418 e. The molecule has 1 atom stereocenters. The third-order valence-corrected chi connectivity index (χ3v) is 5.03. The van der Waals surface area contributed by atoms with Gasteiger partial charge in [0.15, 0.2) is 11.6 Å². The molecule has 0 saturated carbocycles. The maximum absolute atomic E-state index is 12.9. The molecule has 1 amide bonds. The molecule has 10 heteroatoms. The van der Waals surface area contributed by atoms with E-state index >= 15 is 0 Å². The van der Waals surface area contributed by atoms with Crippen molar-refractivity contribution in [2.24, 2.45) is 0 Å². The number of hydrogen-bond acceptors (Lipinski definition) is 6. The van der Waals surface area contributed by atoms with Crippen LogP contribution < -0.4 is 20.3 Å². The quantitative estimate of drug-likeness (QED) is 0.657. The maximum atomic E-state index is 12.9. The Morgan fingerprint density at radius 3 is 2.84 bits per heavy atom. The Hall–Kier alpha value is -2.88. The van der Waals surface area contributed by atoms with Crippen LogP contribution in [0.25, 0.3) is 0 Å². The Bertz CT molecular complexity index is 907. The molecule has 1 fully saturated rings. The van der Waals surface area contributed by atoms with Gasteiger partial charge in [-0.25, -0.2) is 9.97 Å². The van der Waals surface area contributed by atoms with Gasteiger partial charge in [0, 0.05) is 44.5 Å². The first-order chi connectivity index (χ1) is 14.8. The van der Waals surface area contributed by atoms with E-state index in [0.29, 0.717) is 37.7 Å². The van der Waals surface area contributed by atoms with Crippen LogP contribution in [0.15, 0.2) is 30.6 Å². The molecule has 3 rings (SSSR count). The Morgan fingerprint density at radius 1 is 1.32 bits per heavy atom. The predicted molar refractivity (Wildman–Crippen MR) is 111 cm³/mol. The molecule has 2 aromatic heterocycles. The van der Waals surface area contributed by atoms with Gasteiger partial charge in [-0.3, -0.25) is 4.79 Å². The summed E-state index contributed by atoms with van der Waals surface area (Å²) in [6, 6.07) is 4.82. The normalized spacial score (nSPS) is 16.4. The van der Waals surface area contributed by atoms with Crippen molar-refractivity contribution in [3.05, 3.63) is 41.7 Å². The van der Waals surface area contributed by atoms with Gasteiger partial charge < -0.3 is 20.3 Å². The molecule has 31 heavy (non-hydrogen) atoms. The van der Waals surface area contributed by atoms with E-state index in [4.69, 9.17) is 4.74 Å². The lowest BCUT2D eigenvalue weighted by Gasteiger charge is -2.21. The lowest BCUT2D eigenvalue weighted by molar-refractivity contribution is -0.137. The van der Waals surface area contributed by atoms with E-state index in [2.05, 4.69) is 20.6 Å². The number of ether oxygens (including phenoxy) is 1. The number of halogens is 3.